The molecule has 0 bridgehead atoms. The summed E-state index contributed by atoms with van der Waals surface area (Å²) in [5, 5.41) is 11.8. The third-order valence-electron chi connectivity index (χ3n) is 6.17. The number of nitriles is 1. The van der Waals surface area contributed by atoms with Gasteiger partial charge in [-0.1, -0.05) is 12.1 Å². The SMILES string of the molecule is N#Cc1ccc2c(c1)C1CN(CCCCNC(=O)c3ccccc3C(F)(F)F)CC1CO2. The van der Waals surface area contributed by atoms with Crippen molar-refractivity contribution in [1.82, 2.24) is 10.2 Å². The van der Waals surface area contributed by atoms with E-state index in [0.717, 1.165) is 43.4 Å². The predicted molar refractivity (Wildman–Crippen MR) is 112 cm³/mol. The summed E-state index contributed by atoms with van der Waals surface area (Å²) in [6, 6.07) is 12.6. The van der Waals surface area contributed by atoms with Crippen LogP contribution in [0, 0.1) is 17.2 Å². The molecule has 0 radical (unpaired) electrons. The molecular weight excluding hydrogens is 419 g/mol. The van der Waals surface area contributed by atoms with Crippen molar-refractivity contribution in [3.05, 3.63) is 64.7 Å². The van der Waals surface area contributed by atoms with Gasteiger partial charge in [0.15, 0.2) is 0 Å². The number of carbonyl (C=O) groups is 1. The van der Waals surface area contributed by atoms with Crippen molar-refractivity contribution in [2.75, 3.05) is 32.8 Å². The van der Waals surface area contributed by atoms with Gasteiger partial charge < -0.3 is 15.0 Å². The average molecular weight is 443 g/mol. The third kappa shape index (κ3) is 4.73. The molecule has 32 heavy (non-hydrogen) atoms. The summed E-state index contributed by atoms with van der Waals surface area (Å²) in [4.78, 5) is 14.6. The molecule has 1 amide bonds. The molecule has 2 aliphatic heterocycles. The highest BCUT2D eigenvalue weighted by molar-refractivity contribution is 5.95. The van der Waals surface area contributed by atoms with Gasteiger partial charge in [0.05, 0.1) is 29.4 Å². The molecule has 1 fully saturated rings. The second-order valence-corrected chi connectivity index (χ2v) is 8.31. The summed E-state index contributed by atoms with van der Waals surface area (Å²) in [5.74, 6) is 0.877. The van der Waals surface area contributed by atoms with Crippen LogP contribution < -0.4 is 10.1 Å². The van der Waals surface area contributed by atoms with Crippen molar-refractivity contribution in [3.63, 3.8) is 0 Å². The molecule has 2 aliphatic rings. The molecule has 2 heterocycles. The number of nitrogens with one attached hydrogen (secondary N) is 1. The quantitative estimate of drug-likeness (QED) is 0.680. The van der Waals surface area contributed by atoms with Crippen LogP contribution in [0.1, 0.15) is 45.8 Å². The number of benzene rings is 2. The number of hydrogen-bond acceptors (Lipinski definition) is 4. The van der Waals surface area contributed by atoms with E-state index in [2.05, 4.69) is 16.3 Å². The Balaban J connectivity index is 1.25. The summed E-state index contributed by atoms with van der Waals surface area (Å²) in [6.07, 6.45) is -3.05. The number of rotatable bonds is 6. The van der Waals surface area contributed by atoms with Crippen LogP contribution in [0.5, 0.6) is 5.75 Å². The fourth-order valence-corrected chi connectivity index (χ4v) is 4.59. The molecule has 2 unspecified atom stereocenters. The molecule has 1 saturated heterocycles. The number of unbranched alkanes of at least 4 members (excludes halogenated alkanes) is 1. The standard InChI is InChI=1S/C24H24F3N3O2/c25-24(26,27)21-6-2-1-5-18(21)23(31)29-9-3-4-10-30-13-17-15-32-22-8-7-16(12-28)11-19(22)20(17)14-30/h1-2,5-8,11,17,20H,3-4,9-10,13-15H2,(H,29,31). The zero-order chi connectivity index (χ0) is 22.7. The highest BCUT2D eigenvalue weighted by Crippen LogP contribution is 2.42. The van der Waals surface area contributed by atoms with E-state index >= 15 is 0 Å². The first-order valence-electron chi connectivity index (χ1n) is 10.7. The number of fused-ring (bicyclic) bond motifs is 3. The van der Waals surface area contributed by atoms with Crippen molar-refractivity contribution in [1.29, 1.82) is 5.26 Å². The van der Waals surface area contributed by atoms with Gasteiger partial charge in [-0.2, -0.15) is 18.4 Å². The number of ether oxygens (including phenoxy) is 1. The van der Waals surface area contributed by atoms with E-state index in [1.165, 1.54) is 18.2 Å². The Morgan fingerprint density at radius 3 is 2.78 bits per heavy atom. The first-order chi connectivity index (χ1) is 15.4. The van der Waals surface area contributed by atoms with Gasteiger partial charge in [-0.25, -0.2) is 0 Å². The van der Waals surface area contributed by atoms with Crippen LogP contribution in [-0.2, 0) is 6.18 Å². The molecule has 0 aliphatic carbocycles. The maximum absolute atomic E-state index is 13.1. The number of halogens is 3. The molecule has 8 heteroatoms. The maximum Gasteiger partial charge on any atom is 0.417 e. The Morgan fingerprint density at radius 2 is 2.00 bits per heavy atom. The Kier molecular flexibility index (Phi) is 6.38. The summed E-state index contributed by atoms with van der Waals surface area (Å²) in [6.45, 7) is 3.63. The minimum atomic E-state index is -4.56. The summed E-state index contributed by atoms with van der Waals surface area (Å²) in [5.41, 5.74) is 0.464. The van der Waals surface area contributed by atoms with Crippen LogP contribution in [0.25, 0.3) is 0 Å². The van der Waals surface area contributed by atoms with Gasteiger partial charge in [0.1, 0.15) is 5.75 Å². The largest absolute Gasteiger partial charge is 0.493 e. The normalized spacial score (nSPS) is 20.1. The van der Waals surface area contributed by atoms with E-state index in [1.54, 1.807) is 6.07 Å². The molecule has 4 rings (SSSR count). The van der Waals surface area contributed by atoms with Crippen LogP contribution in [0.3, 0.4) is 0 Å². The van der Waals surface area contributed by atoms with Crippen LogP contribution >= 0.6 is 0 Å². The van der Waals surface area contributed by atoms with E-state index in [0.29, 0.717) is 37.0 Å². The fourth-order valence-electron chi connectivity index (χ4n) is 4.59. The lowest BCUT2D eigenvalue weighted by Crippen LogP contribution is -2.28. The number of likely N-dealkylation sites (tertiary alicyclic amines) is 1. The number of nitrogens with zero attached hydrogens (tertiary/aromatic N) is 2. The van der Waals surface area contributed by atoms with E-state index in [9.17, 15) is 23.2 Å². The molecule has 168 valence electrons. The molecule has 5 nitrogen and oxygen atoms in total. The summed E-state index contributed by atoms with van der Waals surface area (Å²) >= 11 is 0. The lowest BCUT2D eigenvalue weighted by Gasteiger charge is -2.27. The van der Waals surface area contributed by atoms with Gasteiger partial charge in [-0.15, -0.1) is 0 Å². The Morgan fingerprint density at radius 1 is 1.19 bits per heavy atom. The molecule has 2 aromatic rings. The van der Waals surface area contributed by atoms with E-state index in [1.807, 2.05) is 12.1 Å². The number of hydrogen-bond donors (Lipinski definition) is 1. The first-order valence-corrected chi connectivity index (χ1v) is 10.7. The van der Waals surface area contributed by atoms with Crippen molar-refractivity contribution < 1.29 is 22.7 Å². The average Bonchev–Trinajstić information content (AvgIpc) is 3.21. The highest BCUT2D eigenvalue weighted by atomic mass is 19.4. The highest BCUT2D eigenvalue weighted by Gasteiger charge is 2.38. The van der Waals surface area contributed by atoms with Gasteiger partial charge in [-0.05, 0) is 49.7 Å². The van der Waals surface area contributed by atoms with Crippen molar-refractivity contribution in [3.8, 4) is 11.8 Å². The van der Waals surface area contributed by atoms with E-state index in [4.69, 9.17) is 4.74 Å². The second kappa shape index (κ2) is 9.21. The predicted octanol–water partition coefficient (Wildman–Crippen LogP) is 4.20. The Labute approximate surface area is 184 Å². The van der Waals surface area contributed by atoms with Gasteiger partial charge in [0.2, 0.25) is 0 Å². The van der Waals surface area contributed by atoms with Gasteiger partial charge >= 0.3 is 6.18 Å². The molecule has 2 aromatic carbocycles. The zero-order valence-electron chi connectivity index (χ0n) is 17.5. The van der Waals surface area contributed by atoms with Crippen LogP contribution in [0.4, 0.5) is 13.2 Å². The molecule has 2 atom stereocenters. The Bertz CT molecular complexity index is 1030. The molecular formula is C24H24F3N3O2. The van der Waals surface area contributed by atoms with Gasteiger partial charge in [0.25, 0.3) is 5.91 Å². The van der Waals surface area contributed by atoms with Gasteiger partial charge in [-0.3, -0.25) is 4.79 Å². The lowest BCUT2D eigenvalue weighted by atomic mass is 9.86. The molecule has 1 N–H and O–H groups in total. The zero-order valence-corrected chi connectivity index (χ0v) is 17.5. The molecule has 0 saturated carbocycles. The minimum Gasteiger partial charge on any atom is -0.493 e. The van der Waals surface area contributed by atoms with E-state index < -0.39 is 17.6 Å². The third-order valence-corrected chi connectivity index (χ3v) is 6.17. The smallest absolute Gasteiger partial charge is 0.417 e. The molecule has 0 aromatic heterocycles. The summed E-state index contributed by atoms with van der Waals surface area (Å²) in [7, 11) is 0. The van der Waals surface area contributed by atoms with Crippen molar-refractivity contribution in [2.24, 2.45) is 5.92 Å². The van der Waals surface area contributed by atoms with E-state index in [-0.39, 0.29) is 5.56 Å². The van der Waals surface area contributed by atoms with Crippen LogP contribution in [0.2, 0.25) is 0 Å². The van der Waals surface area contributed by atoms with Crippen molar-refractivity contribution >= 4 is 5.91 Å². The summed E-state index contributed by atoms with van der Waals surface area (Å²) < 4.78 is 45.1. The topological polar surface area (TPSA) is 65.4 Å². The maximum atomic E-state index is 13.1. The van der Waals surface area contributed by atoms with Gasteiger partial charge in [0, 0.05) is 37.0 Å². The second-order valence-electron chi connectivity index (χ2n) is 8.31. The lowest BCUT2D eigenvalue weighted by molar-refractivity contribution is -0.137. The van der Waals surface area contributed by atoms with Crippen LogP contribution in [0.15, 0.2) is 42.5 Å². The monoisotopic (exact) mass is 443 g/mol. The Hall–Kier alpha value is -3.05. The first kappa shape index (κ1) is 22.2. The van der Waals surface area contributed by atoms with Crippen LogP contribution in [-0.4, -0.2) is 43.6 Å². The minimum absolute atomic E-state index is 0.323. The number of amides is 1. The van der Waals surface area contributed by atoms with Crippen molar-refractivity contribution in [2.45, 2.75) is 24.9 Å². The number of alkyl halides is 3. The fraction of sp³-hybridized carbons (Fsp3) is 0.417. The molecule has 0 spiro atoms. The number of carbonyl (C=O) groups excluding carboxylic acids is 1.